The van der Waals surface area contributed by atoms with Gasteiger partial charge < -0.3 is 19.4 Å². The quantitative estimate of drug-likeness (QED) is 0.460. The highest BCUT2D eigenvalue weighted by atomic mass is 79.9. The van der Waals surface area contributed by atoms with Crippen LogP contribution in [0.1, 0.15) is 5.56 Å². The van der Waals surface area contributed by atoms with E-state index in [1.54, 1.807) is 20.5 Å². The molecule has 0 aliphatic heterocycles. The van der Waals surface area contributed by atoms with Crippen molar-refractivity contribution in [2.75, 3.05) is 19.5 Å². The molecule has 0 spiro atoms. The molecule has 0 unspecified atom stereocenters. The Morgan fingerprint density at radius 2 is 1.86 bits per heavy atom. The molecule has 28 heavy (non-hydrogen) atoms. The van der Waals surface area contributed by atoms with Crippen molar-refractivity contribution in [2.24, 2.45) is 0 Å². The largest absolute Gasteiger partial charge is 0.493 e. The van der Waals surface area contributed by atoms with Crippen molar-refractivity contribution in [3.8, 4) is 17.3 Å². The molecule has 1 N–H and O–H groups in total. The van der Waals surface area contributed by atoms with Crippen LogP contribution >= 0.6 is 15.9 Å². The van der Waals surface area contributed by atoms with Crippen molar-refractivity contribution in [3.63, 3.8) is 0 Å². The fraction of sp³-hybridized carbons (Fsp3) is 0.143. The standard InChI is InChI=1S/C21H19BrN4O2/c1-13-8-16(10-18(27-2)21(13)28-3)25-19-11-20(24-12-23-19)26-7-6-14-4-5-15(22)9-17(14)26/h4-12H,1-3H3,(H,23,24,25). The van der Waals surface area contributed by atoms with E-state index in [0.29, 0.717) is 11.6 Å². The first kappa shape index (κ1) is 18.3. The number of hydrogen-bond acceptors (Lipinski definition) is 5. The van der Waals surface area contributed by atoms with Crippen LogP contribution in [-0.4, -0.2) is 28.8 Å². The Balaban J connectivity index is 1.70. The third-order valence-corrected chi connectivity index (χ3v) is 4.98. The number of benzene rings is 2. The van der Waals surface area contributed by atoms with Gasteiger partial charge in [0.2, 0.25) is 0 Å². The number of ether oxygens (including phenoxy) is 2. The van der Waals surface area contributed by atoms with Crippen molar-refractivity contribution < 1.29 is 9.47 Å². The van der Waals surface area contributed by atoms with E-state index >= 15 is 0 Å². The molecule has 0 atom stereocenters. The number of fused-ring (bicyclic) bond motifs is 1. The minimum Gasteiger partial charge on any atom is -0.493 e. The number of halogens is 1. The summed E-state index contributed by atoms with van der Waals surface area (Å²) in [7, 11) is 3.26. The van der Waals surface area contributed by atoms with Gasteiger partial charge in [-0.25, -0.2) is 9.97 Å². The Morgan fingerprint density at radius 3 is 2.64 bits per heavy atom. The number of anilines is 2. The number of rotatable bonds is 5. The normalized spacial score (nSPS) is 10.9. The molecule has 0 aliphatic rings. The van der Waals surface area contributed by atoms with E-state index < -0.39 is 0 Å². The highest BCUT2D eigenvalue weighted by Crippen LogP contribution is 2.35. The van der Waals surface area contributed by atoms with Crippen LogP contribution in [-0.2, 0) is 0 Å². The molecule has 142 valence electrons. The molecule has 0 fully saturated rings. The predicted octanol–water partition coefficient (Wildman–Crippen LogP) is 5.25. The molecule has 4 aromatic rings. The fourth-order valence-electron chi connectivity index (χ4n) is 3.22. The number of aromatic nitrogens is 3. The molecule has 0 saturated carbocycles. The summed E-state index contributed by atoms with van der Waals surface area (Å²) < 4.78 is 13.9. The topological polar surface area (TPSA) is 61.2 Å². The molecule has 2 aromatic heterocycles. The summed E-state index contributed by atoms with van der Waals surface area (Å²) >= 11 is 3.53. The third kappa shape index (κ3) is 3.41. The van der Waals surface area contributed by atoms with Crippen LogP contribution in [0.15, 0.2) is 59.5 Å². The molecule has 0 saturated heterocycles. The SMILES string of the molecule is COc1cc(Nc2cc(-n3ccc4ccc(Br)cc43)ncn2)cc(C)c1OC. The average Bonchev–Trinajstić information content (AvgIpc) is 3.10. The van der Waals surface area contributed by atoms with Crippen LogP contribution in [0.5, 0.6) is 11.5 Å². The maximum Gasteiger partial charge on any atom is 0.163 e. The minimum absolute atomic E-state index is 0.667. The van der Waals surface area contributed by atoms with Crippen molar-refractivity contribution in [1.82, 2.24) is 14.5 Å². The zero-order valence-corrected chi connectivity index (χ0v) is 17.3. The summed E-state index contributed by atoms with van der Waals surface area (Å²) in [5.41, 5.74) is 2.90. The Bertz CT molecular complexity index is 1160. The first-order valence-electron chi connectivity index (χ1n) is 8.67. The van der Waals surface area contributed by atoms with Gasteiger partial charge in [-0.1, -0.05) is 22.0 Å². The monoisotopic (exact) mass is 438 g/mol. The lowest BCUT2D eigenvalue weighted by Crippen LogP contribution is -2.01. The second kappa shape index (κ2) is 7.52. The molecule has 0 aliphatic carbocycles. The average molecular weight is 439 g/mol. The van der Waals surface area contributed by atoms with Gasteiger partial charge in [0.1, 0.15) is 18.0 Å². The summed E-state index contributed by atoms with van der Waals surface area (Å²) in [6.07, 6.45) is 3.55. The molecule has 0 amide bonds. The third-order valence-electron chi connectivity index (χ3n) is 4.49. The van der Waals surface area contributed by atoms with Crippen LogP contribution in [0.25, 0.3) is 16.7 Å². The zero-order chi connectivity index (χ0) is 19.7. The number of hydrogen-bond donors (Lipinski definition) is 1. The molecule has 4 rings (SSSR count). The maximum absolute atomic E-state index is 5.43. The van der Waals surface area contributed by atoms with Gasteiger partial charge in [0.25, 0.3) is 0 Å². The highest BCUT2D eigenvalue weighted by Gasteiger charge is 2.11. The van der Waals surface area contributed by atoms with Crippen molar-refractivity contribution >= 4 is 38.3 Å². The van der Waals surface area contributed by atoms with Crippen LogP contribution in [0, 0.1) is 6.92 Å². The van der Waals surface area contributed by atoms with Gasteiger partial charge in [-0.15, -0.1) is 0 Å². The highest BCUT2D eigenvalue weighted by molar-refractivity contribution is 9.10. The second-order valence-corrected chi connectivity index (χ2v) is 7.22. The van der Waals surface area contributed by atoms with E-state index in [2.05, 4.69) is 49.4 Å². The van der Waals surface area contributed by atoms with Gasteiger partial charge in [0, 0.05) is 33.9 Å². The molecular formula is C21H19BrN4O2. The van der Waals surface area contributed by atoms with Gasteiger partial charge in [-0.05, 0) is 36.8 Å². The van der Waals surface area contributed by atoms with Gasteiger partial charge in [0.05, 0.1) is 19.7 Å². The summed E-state index contributed by atoms with van der Waals surface area (Å²) in [5, 5.41) is 4.47. The van der Waals surface area contributed by atoms with Gasteiger partial charge in [-0.2, -0.15) is 0 Å². The summed E-state index contributed by atoms with van der Waals surface area (Å²) in [5.74, 6) is 2.86. The lowest BCUT2D eigenvalue weighted by Gasteiger charge is -2.14. The summed E-state index contributed by atoms with van der Waals surface area (Å²) in [6, 6.07) is 14.0. The van der Waals surface area contributed by atoms with E-state index in [9.17, 15) is 0 Å². The molecule has 0 radical (unpaired) electrons. The number of nitrogens with zero attached hydrogens (tertiary/aromatic N) is 3. The molecule has 7 heteroatoms. The summed E-state index contributed by atoms with van der Waals surface area (Å²) in [6.45, 7) is 1.97. The van der Waals surface area contributed by atoms with Gasteiger partial charge in [0.15, 0.2) is 11.5 Å². The van der Waals surface area contributed by atoms with Crippen LogP contribution in [0.4, 0.5) is 11.5 Å². The first-order chi connectivity index (χ1) is 13.6. The zero-order valence-electron chi connectivity index (χ0n) is 15.7. The number of nitrogens with one attached hydrogen (secondary N) is 1. The van der Waals surface area contributed by atoms with E-state index in [4.69, 9.17) is 9.47 Å². The molecule has 0 bridgehead atoms. The Labute approximate surface area is 171 Å². The van der Waals surface area contributed by atoms with Crippen LogP contribution < -0.4 is 14.8 Å². The Hall–Kier alpha value is -3.06. The van der Waals surface area contributed by atoms with Crippen molar-refractivity contribution in [3.05, 3.63) is 65.0 Å². The Morgan fingerprint density at radius 1 is 1.00 bits per heavy atom. The van der Waals surface area contributed by atoms with E-state index in [-0.39, 0.29) is 0 Å². The van der Waals surface area contributed by atoms with E-state index in [1.165, 1.54) is 0 Å². The Kier molecular flexibility index (Phi) is 4.92. The molecule has 2 heterocycles. The first-order valence-corrected chi connectivity index (χ1v) is 9.47. The van der Waals surface area contributed by atoms with Crippen LogP contribution in [0.3, 0.4) is 0 Å². The lowest BCUT2D eigenvalue weighted by molar-refractivity contribution is 0.353. The lowest BCUT2D eigenvalue weighted by atomic mass is 10.2. The maximum atomic E-state index is 5.43. The smallest absolute Gasteiger partial charge is 0.163 e. The summed E-state index contributed by atoms with van der Waals surface area (Å²) in [4.78, 5) is 8.79. The van der Waals surface area contributed by atoms with E-state index in [1.807, 2.05) is 42.0 Å². The van der Waals surface area contributed by atoms with Crippen LogP contribution in [0.2, 0.25) is 0 Å². The second-order valence-electron chi connectivity index (χ2n) is 6.30. The van der Waals surface area contributed by atoms with Gasteiger partial charge >= 0.3 is 0 Å². The number of aryl methyl sites for hydroxylation is 1. The predicted molar refractivity (Wildman–Crippen MR) is 114 cm³/mol. The van der Waals surface area contributed by atoms with E-state index in [0.717, 1.165) is 38.2 Å². The fourth-order valence-corrected chi connectivity index (χ4v) is 3.57. The number of methoxy groups -OCH3 is 2. The van der Waals surface area contributed by atoms with Gasteiger partial charge in [-0.3, -0.25) is 0 Å². The molecule has 6 nitrogen and oxygen atoms in total. The molecular weight excluding hydrogens is 420 g/mol. The minimum atomic E-state index is 0.667. The van der Waals surface area contributed by atoms with Crippen molar-refractivity contribution in [1.29, 1.82) is 0 Å². The van der Waals surface area contributed by atoms with Crippen molar-refractivity contribution in [2.45, 2.75) is 6.92 Å². The molecule has 2 aromatic carbocycles.